The van der Waals surface area contributed by atoms with Crippen LogP contribution in [0.1, 0.15) is 12.8 Å². The lowest BCUT2D eigenvalue weighted by atomic mass is 9.94. The fourth-order valence-electron chi connectivity index (χ4n) is 4.71. The van der Waals surface area contributed by atoms with E-state index in [0.29, 0.717) is 12.0 Å². The van der Waals surface area contributed by atoms with Crippen molar-refractivity contribution in [1.29, 1.82) is 0 Å². The standard InChI is InChI=1S/C22H21ClN6S/c23-18-4-3-17(30-18)21-22(14-7-10-24-11-8-14)29-19(26-21)5-6-20(27-29)28-12-15-2-1-9-25-16(15)13-28/h3-8,10-11,15-16,25H,1-2,9,12-13H2. The molecule has 30 heavy (non-hydrogen) atoms. The van der Waals surface area contributed by atoms with E-state index in [1.165, 1.54) is 24.2 Å². The van der Waals surface area contributed by atoms with Crippen LogP contribution in [0.25, 0.3) is 27.5 Å². The van der Waals surface area contributed by atoms with E-state index in [1.807, 2.05) is 28.8 Å². The van der Waals surface area contributed by atoms with E-state index in [2.05, 4.69) is 27.3 Å². The van der Waals surface area contributed by atoms with E-state index < -0.39 is 0 Å². The van der Waals surface area contributed by atoms with E-state index in [-0.39, 0.29) is 0 Å². The maximum Gasteiger partial charge on any atom is 0.155 e. The third-order valence-electron chi connectivity index (χ3n) is 6.15. The Bertz CT molecular complexity index is 1190. The van der Waals surface area contributed by atoms with Crippen LogP contribution in [0, 0.1) is 5.92 Å². The Morgan fingerprint density at radius 2 is 1.97 bits per heavy atom. The molecule has 4 aromatic heterocycles. The molecule has 6 rings (SSSR count). The Morgan fingerprint density at radius 1 is 1.07 bits per heavy atom. The van der Waals surface area contributed by atoms with Crippen LogP contribution in [-0.4, -0.2) is 45.3 Å². The Balaban J connectivity index is 1.48. The molecule has 0 spiro atoms. The van der Waals surface area contributed by atoms with Crippen molar-refractivity contribution in [3.63, 3.8) is 0 Å². The van der Waals surface area contributed by atoms with Crippen molar-refractivity contribution in [2.75, 3.05) is 24.5 Å². The van der Waals surface area contributed by atoms with Gasteiger partial charge in [-0.2, -0.15) is 0 Å². The van der Waals surface area contributed by atoms with E-state index in [4.69, 9.17) is 21.7 Å². The lowest BCUT2D eigenvalue weighted by Gasteiger charge is -2.24. The first kappa shape index (κ1) is 18.3. The average molecular weight is 437 g/mol. The largest absolute Gasteiger partial charge is 0.353 e. The SMILES string of the molecule is Clc1ccc(-c2nc3ccc(N4CC5CCCNC5C4)nn3c2-c2ccncc2)s1. The minimum atomic E-state index is 0.572. The summed E-state index contributed by atoms with van der Waals surface area (Å²) in [6.07, 6.45) is 6.18. The molecule has 4 aromatic rings. The summed E-state index contributed by atoms with van der Waals surface area (Å²) >= 11 is 7.76. The van der Waals surface area contributed by atoms with Gasteiger partial charge >= 0.3 is 0 Å². The summed E-state index contributed by atoms with van der Waals surface area (Å²) in [6, 6.07) is 12.7. The van der Waals surface area contributed by atoms with Gasteiger partial charge in [-0.05, 0) is 61.7 Å². The molecular formula is C22H21ClN6S. The highest BCUT2D eigenvalue weighted by molar-refractivity contribution is 7.19. The van der Waals surface area contributed by atoms with Crippen molar-refractivity contribution in [1.82, 2.24) is 24.9 Å². The number of imidazole rings is 1. The van der Waals surface area contributed by atoms with Gasteiger partial charge in [0.25, 0.3) is 0 Å². The zero-order valence-corrected chi connectivity index (χ0v) is 17.9. The molecule has 0 saturated carbocycles. The normalized spacial score (nSPS) is 21.3. The molecule has 0 aromatic carbocycles. The van der Waals surface area contributed by atoms with Gasteiger partial charge in [0.15, 0.2) is 5.65 Å². The number of hydrogen-bond donors (Lipinski definition) is 1. The molecule has 2 saturated heterocycles. The monoisotopic (exact) mass is 436 g/mol. The van der Waals surface area contributed by atoms with Gasteiger partial charge < -0.3 is 10.2 Å². The van der Waals surface area contributed by atoms with Crippen LogP contribution in [0.5, 0.6) is 0 Å². The molecule has 152 valence electrons. The molecule has 6 nitrogen and oxygen atoms in total. The maximum absolute atomic E-state index is 6.22. The molecule has 2 unspecified atom stereocenters. The highest BCUT2D eigenvalue weighted by atomic mass is 35.5. The van der Waals surface area contributed by atoms with E-state index in [1.54, 1.807) is 12.4 Å². The van der Waals surface area contributed by atoms with Crippen molar-refractivity contribution >= 4 is 34.4 Å². The number of halogens is 1. The Hall–Kier alpha value is -2.48. The fourth-order valence-corrected chi connectivity index (χ4v) is 5.74. The zero-order chi connectivity index (χ0) is 20.1. The fraction of sp³-hybridized carbons (Fsp3) is 0.318. The Labute approximate surface area is 183 Å². The Kier molecular flexibility index (Phi) is 4.48. The topological polar surface area (TPSA) is 58.4 Å². The third kappa shape index (κ3) is 3.09. The van der Waals surface area contributed by atoms with Gasteiger partial charge in [-0.1, -0.05) is 11.6 Å². The molecule has 0 amide bonds. The van der Waals surface area contributed by atoms with E-state index >= 15 is 0 Å². The summed E-state index contributed by atoms with van der Waals surface area (Å²) in [5, 5.41) is 8.72. The molecule has 8 heteroatoms. The average Bonchev–Trinajstić information content (AvgIpc) is 3.49. The number of aromatic nitrogens is 4. The number of pyridine rings is 1. The Morgan fingerprint density at radius 3 is 2.77 bits per heavy atom. The highest BCUT2D eigenvalue weighted by Gasteiger charge is 2.35. The van der Waals surface area contributed by atoms with Gasteiger partial charge in [-0.15, -0.1) is 16.4 Å². The summed E-state index contributed by atoms with van der Waals surface area (Å²) in [6.45, 7) is 3.20. The van der Waals surface area contributed by atoms with E-state index in [9.17, 15) is 0 Å². The summed E-state index contributed by atoms with van der Waals surface area (Å²) in [5.41, 5.74) is 3.75. The lowest BCUT2D eigenvalue weighted by molar-refractivity contribution is 0.340. The maximum atomic E-state index is 6.22. The number of piperidine rings is 1. The molecule has 2 atom stereocenters. The van der Waals surface area contributed by atoms with Crippen molar-refractivity contribution in [2.24, 2.45) is 5.92 Å². The summed E-state index contributed by atoms with van der Waals surface area (Å²) in [7, 11) is 0. The predicted octanol–water partition coefficient (Wildman–Crippen LogP) is 4.36. The number of nitrogens with one attached hydrogen (secondary N) is 1. The molecule has 1 N–H and O–H groups in total. The van der Waals surface area contributed by atoms with Gasteiger partial charge in [0.1, 0.15) is 17.2 Å². The third-order valence-corrected chi connectivity index (χ3v) is 7.38. The van der Waals surface area contributed by atoms with Crippen LogP contribution in [0.2, 0.25) is 4.34 Å². The lowest BCUT2D eigenvalue weighted by Crippen LogP contribution is -2.40. The molecule has 2 aliphatic heterocycles. The van der Waals surface area contributed by atoms with Crippen LogP contribution in [-0.2, 0) is 0 Å². The van der Waals surface area contributed by atoms with Gasteiger partial charge in [-0.25, -0.2) is 9.50 Å². The first-order chi connectivity index (χ1) is 14.8. The first-order valence-corrected chi connectivity index (χ1v) is 11.5. The van der Waals surface area contributed by atoms with Gasteiger partial charge in [0, 0.05) is 37.1 Å². The smallest absolute Gasteiger partial charge is 0.155 e. The van der Waals surface area contributed by atoms with Crippen LogP contribution < -0.4 is 10.2 Å². The van der Waals surface area contributed by atoms with Crippen molar-refractivity contribution < 1.29 is 0 Å². The van der Waals surface area contributed by atoms with Crippen LogP contribution in [0.3, 0.4) is 0 Å². The molecule has 2 aliphatic rings. The summed E-state index contributed by atoms with van der Waals surface area (Å²) < 4.78 is 2.73. The second kappa shape index (κ2) is 7.34. The number of hydrogen-bond acceptors (Lipinski definition) is 6. The van der Waals surface area contributed by atoms with Gasteiger partial charge in [0.05, 0.1) is 9.21 Å². The molecule has 2 fully saturated rings. The molecule has 0 bridgehead atoms. The van der Waals surface area contributed by atoms with E-state index in [0.717, 1.165) is 57.3 Å². The molecular weight excluding hydrogens is 416 g/mol. The van der Waals surface area contributed by atoms with Gasteiger partial charge in [0.2, 0.25) is 0 Å². The quantitative estimate of drug-likeness (QED) is 0.517. The highest BCUT2D eigenvalue weighted by Crippen LogP contribution is 2.38. The van der Waals surface area contributed by atoms with Crippen LogP contribution >= 0.6 is 22.9 Å². The zero-order valence-electron chi connectivity index (χ0n) is 16.3. The number of nitrogens with zero attached hydrogens (tertiary/aromatic N) is 5. The molecule has 6 heterocycles. The van der Waals surface area contributed by atoms with Crippen molar-refractivity contribution in [2.45, 2.75) is 18.9 Å². The molecule has 0 aliphatic carbocycles. The summed E-state index contributed by atoms with van der Waals surface area (Å²) in [4.78, 5) is 12.5. The van der Waals surface area contributed by atoms with Crippen LogP contribution in [0.4, 0.5) is 5.82 Å². The number of anilines is 1. The number of rotatable bonds is 3. The summed E-state index contributed by atoms with van der Waals surface area (Å²) in [5.74, 6) is 1.71. The second-order valence-corrected chi connectivity index (χ2v) is 9.69. The first-order valence-electron chi connectivity index (χ1n) is 10.3. The second-order valence-electron chi connectivity index (χ2n) is 7.98. The van der Waals surface area contributed by atoms with Crippen molar-refractivity contribution in [3.05, 3.63) is 53.1 Å². The molecule has 0 radical (unpaired) electrons. The minimum Gasteiger partial charge on any atom is -0.353 e. The van der Waals surface area contributed by atoms with Gasteiger partial charge in [-0.3, -0.25) is 4.98 Å². The van der Waals surface area contributed by atoms with Crippen LogP contribution in [0.15, 0.2) is 48.8 Å². The minimum absolute atomic E-state index is 0.572. The number of fused-ring (bicyclic) bond motifs is 2. The number of thiophene rings is 1. The predicted molar refractivity (Wildman–Crippen MR) is 121 cm³/mol. The van der Waals surface area contributed by atoms with Crippen molar-refractivity contribution in [3.8, 4) is 21.8 Å².